The topological polar surface area (TPSA) is 284 Å². The van der Waals surface area contributed by atoms with Crippen molar-refractivity contribution in [1.29, 1.82) is 0 Å². The zero-order valence-electron chi connectivity index (χ0n) is 48.7. The highest BCUT2D eigenvalue weighted by molar-refractivity contribution is 7.91. The van der Waals surface area contributed by atoms with E-state index in [0.717, 1.165) is 33.4 Å². The molecule has 0 fully saturated rings. The SMILES string of the molecule is COc1cccc(C)c1-n1c(CS(=O)(=O)[C@@H](C)[C@@H](OCC(C)(C)O)c2ncc(C)cn2)nnc1-c1cncc(C)c1.COc1cccc(C)c1-n1c(CS(=O)(=O)[C@H](C)[C@H](OCC(C)(C)O)c2ncc(C)cn2)nnc1-c1cncc(C)c1. The lowest BCUT2D eigenvalue weighted by Crippen LogP contribution is -2.34. The number of ether oxygens (including phenoxy) is 4. The summed E-state index contributed by atoms with van der Waals surface area (Å²) in [6.07, 6.45) is 11.1. The third-order valence-corrected chi connectivity index (χ3v) is 17.1. The first-order chi connectivity index (χ1) is 38.6. The van der Waals surface area contributed by atoms with Crippen LogP contribution in [-0.2, 0) is 40.7 Å². The molecule has 0 aliphatic carbocycles. The molecule has 0 spiro atoms. The first kappa shape index (κ1) is 62.1. The molecule has 6 aromatic heterocycles. The second-order valence-electron chi connectivity index (χ2n) is 21.7. The Morgan fingerprint density at radius 1 is 0.512 bits per heavy atom. The van der Waals surface area contributed by atoms with Gasteiger partial charge in [0.05, 0.1) is 60.5 Å². The normalized spacial score (nSPS) is 13.7. The van der Waals surface area contributed by atoms with Crippen molar-refractivity contribution in [1.82, 2.24) is 59.4 Å². The minimum absolute atomic E-state index is 0.115. The lowest BCUT2D eigenvalue weighted by molar-refractivity contribution is -0.0566. The van der Waals surface area contributed by atoms with Crippen LogP contribution in [0.5, 0.6) is 11.5 Å². The first-order valence-corrected chi connectivity index (χ1v) is 29.7. The molecule has 8 rings (SSSR count). The van der Waals surface area contributed by atoms with Crippen LogP contribution < -0.4 is 9.47 Å². The molecule has 6 heterocycles. The van der Waals surface area contributed by atoms with Crippen molar-refractivity contribution in [3.8, 4) is 45.6 Å². The number of hydrogen-bond donors (Lipinski definition) is 2. The summed E-state index contributed by atoms with van der Waals surface area (Å²) in [6.45, 7) is 20.5. The Balaban J connectivity index is 0.000000236. The standard InChI is InChI=1S/2C29H36N6O5S/c2*1-18-11-22(15-30-12-18)28-34-33-24(35(28)25-20(3)9-8-10-23(25)39-7)16-41(37,38)21(4)26(40-17-29(5,6)36)27-31-13-19(2)14-32-27/h2*8-15,21,26,36H,16-17H2,1-7H3/t2*21-,26+/m10/s1. The predicted molar refractivity (Wildman–Crippen MR) is 309 cm³/mol. The molecule has 2 N–H and O–H groups in total. The highest BCUT2D eigenvalue weighted by Crippen LogP contribution is 2.36. The van der Waals surface area contributed by atoms with Crippen molar-refractivity contribution in [2.24, 2.45) is 0 Å². The summed E-state index contributed by atoms with van der Waals surface area (Å²) >= 11 is 0. The first-order valence-electron chi connectivity index (χ1n) is 26.3. The van der Waals surface area contributed by atoms with Gasteiger partial charge in [-0.2, -0.15) is 0 Å². The van der Waals surface area contributed by atoms with Crippen LogP contribution in [0.25, 0.3) is 34.2 Å². The number of para-hydroxylation sites is 2. The van der Waals surface area contributed by atoms with Crippen LogP contribution in [0.3, 0.4) is 0 Å². The van der Waals surface area contributed by atoms with E-state index < -0.39 is 65.1 Å². The molecule has 22 nitrogen and oxygen atoms in total. The van der Waals surface area contributed by atoms with Crippen molar-refractivity contribution in [2.45, 2.75) is 129 Å². The number of aromatic nitrogens is 12. The largest absolute Gasteiger partial charge is 0.495 e. The molecule has 0 amide bonds. The van der Waals surface area contributed by atoms with E-state index in [1.165, 1.54) is 0 Å². The van der Waals surface area contributed by atoms with E-state index in [1.54, 1.807) is 127 Å². The second-order valence-corrected chi connectivity index (χ2v) is 26.4. The fourth-order valence-electron chi connectivity index (χ4n) is 8.71. The van der Waals surface area contributed by atoms with Gasteiger partial charge < -0.3 is 29.2 Å². The van der Waals surface area contributed by atoms with Gasteiger partial charge in [0.2, 0.25) is 0 Å². The number of hydrogen-bond acceptors (Lipinski definition) is 20. The molecule has 0 saturated heterocycles. The maximum atomic E-state index is 14.0. The highest BCUT2D eigenvalue weighted by atomic mass is 32.2. The molecule has 0 radical (unpaired) electrons. The number of sulfone groups is 2. The molecule has 0 aliphatic rings. The fourth-order valence-corrected chi connectivity index (χ4v) is 11.5. The molecule has 436 valence electrons. The van der Waals surface area contributed by atoms with Gasteiger partial charge in [-0.05, 0) is 141 Å². The maximum absolute atomic E-state index is 14.0. The second kappa shape index (κ2) is 25.8. The Kier molecular flexibility index (Phi) is 19.5. The molecule has 8 aromatic rings. The average molecular weight is 1160 g/mol. The van der Waals surface area contributed by atoms with Gasteiger partial charge in [-0.15, -0.1) is 20.4 Å². The summed E-state index contributed by atoms with van der Waals surface area (Å²) in [7, 11) is -4.78. The van der Waals surface area contributed by atoms with Gasteiger partial charge in [0.25, 0.3) is 0 Å². The van der Waals surface area contributed by atoms with Crippen LogP contribution in [0.4, 0.5) is 0 Å². The lowest BCUT2D eigenvalue weighted by atomic mass is 10.1. The van der Waals surface area contributed by atoms with E-state index in [2.05, 4.69) is 50.3 Å². The molecular formula is C58H72N12O10S2. The molecular weight excluding hydrogens is 1090 g/mol. The Morgan fingerprint density at radius 2 is 0.866 bits per heavy atom. The Morgan fingerprint density at radius 3 is 1.18 bits per heavy atom. The highest BCUT2D eigenvalue weighted by Gasteiger charge is 2.39. The van der Waals surface area contributed by atoms with Crippen LogP contribution in [0.15, 0.2) is 98.1 Å². The molecule has 0 unspecified atom stereocenters. The Hall–Kier alpha value is -7.48. The van der Waals surface area contributed by atoms with Crippen molar-refractivity contribution in [3.05, 3.63) is 155 Å². The molecule has 82 heavy (non-hydrogen) atoms. The number of nitrogens with zero attached hydrogens (tertiary/aromatic N) is 12. The number of aliphatic hydroxyl groups is 2. The number of aryl methyl sites for hydroxylation is 6. The van der Waals surface area contributed by atoms with E-state index in [9.17, 15) is 27.0 Å². The summed E-state index contributed by atoms with van der Waals surface area (Å²) in [5.41, 5.74) is 5.41. The van der Waals surface area contributed by atoms with Gasteiger partial charge in [0.15, 0.2) is 54.6 Å². The summed E-state index contributed by atoms with van der Waals surface area (Å²) in [4.78, 5) is 25.9. The fraction of sp³-hybridized carbons (Fsp3) is 0.414. The minimum atomic E-state index is -3.94. The van der Waals surface area contributed by atoms with Crippen LogP contribution in [-0.4, -0.2) is 136 Å². The van der Waals surface area contributed by atoms with Gasteiger partial charge >= 0.3 is 0 Å². The van der Waals surface area contributed by atoms with E-state index in [4.69, 9.17) is 18.9 Å². The zero-order valence-corrected chi connectivity index (χ0v) is 50.4. The lowest BCUT2D eigenvalue weighted by Gasteiger charge is -2.27. The predicted octanol–water partition coefficient (Wildman–Crippen LogP) is 7.77. The third-order valence-electron chi connectivity index (χ3n) is 13.0. The number of benzene rings is 2. The van der Waals surface area contributed by atoms with Crippen molar-refractivity contribution in [2.75, 3.05) is 27.4 Å². The summed E-state index contributed by atoms with van der Waals surface area (Å²) in [6, 6.07) is 15.0. The van der Waals surface area contributed by atoms with Gasteiger partial charge in [0.1, 0.15) is 35.2 Å². The third kappa shape index (κ3) is 15.1. The van der Waals surface area contributed by atoms with Crippen molar-refractivity contribution < 1.29 is 46.0 Å². The van der Waals surface area contributed by atoms with Gasteiger partial charge in [-0.1, -0.05) is 24.3 Å². The van der Waals surface area contributed by atoms with Crippen LogP contribution in [0, 0.1) is 41.5 Å². The summed E-state index contributed by atoms with van der Waals surface area (Å²) in [5.74, 6) is 1.87. The van der Waals surface area contributed by atoms with Crippen molar-refractivity contribution >= 4 is 19.7 Å². The van der Waals surface area contributed by atoms with Crippen LogP contribution >= 0.6 is 0 Å². The molecule has 4 atom stereocenters. The zero-order chi connectivity index (χ0) is 59.9. The summed E-state index contributed by atoms with van der Waals surface area (Å²) < 4.78 is 82.7. The van der Waals surface area contributed by atoms with Crippen LogP contribution in [0.1, 0.15) is 110 Å². The quantitative estimate of drug-likeness (QED) is 0.0655. The molecule has 24 heteroatoms. The molecule has 0 bridgehead atoms. The average Bonchev–Trinajstić information content (AvgIpc) is 3.63. The van der Waals surface area contributed by atoms with Gasteiger partial charge in [0, 0.05) is 60.7 Å². The number of methoxy groups -OCH3 is 2. The van der Waals surface area contributed by atoms with E-state index in [-0.39, 0.29) is 36.5 Å². The number of rotatable bonds is 22. The Bertz CT molecular complexity index is 3470. The van der Waals surface area contributed by atoms with E-state index >= 15 is 0 Å². The van der Waals surface area contributed by atoms with Gasteiger partial charge in [-0.3, -0.25) is 19.1 Å². The summed E-state index contributed by atoms with van der Waals surface area (Å²) in [5, 5.41) is 35.9. The van der Waals surface area contributed by atoms with E-state index in [0.29, 0.717) is 45.6 Å². The minimum Gasteiger partial charge on any atom is -0.495 e. The smallest absolute Gasteiger partial charge is 0.170 e. The van der Waals surface area contributed by atoms with Gasteiger partial charge in [-0.25, -0.2) is 36.8 Å². The molecule has 2 aromatic carbocycles. The molecule has 0 saturated carbocycles. The monoisotopic (exact) mass is 1160 g/mol. The van der Waals surface area contributed by atoms with E-state index in [1.807, 2.05) is 77.9 Å². The maximum Gasteiger partial charge on any atom is 0.170 e. The van der Waals surface area contributed by atoms with Crippen molar-refractivity contribution in [3.63, 3.8) is 0 Å². The number of pyridine rings is 2. The Labute approximate surface area is 479 Å². The van der Waals surface area contributed by atoms with Crippen LogP contribution in [0.2, 0.25) is 0 Å². The molecule has 0 aliphatic heterocycles.